The van der Waals surface area contributed by atoms with Crippen molar-refractivity contribution in [1.29, 1.82) is 0 Å². The molecule has 1 amide bonds. The van der Waals surface area contributed by atoms with Gasteiger partial charge in [0.25, 0.3) is 0 Å². The van der Waals surface area contributed by atoms with Crippen molar-refractivity contribution in [3.63, 3.8) is 0 Å². The number of benzene rings is 2. The summed E-state index contributed by atoms with van der Waals surface area (Å²) in [6, 6.07) is 17.4. The van der Waals surface area contributed by atoms with E-state index >= 15 is 0 Å². The van der Waals surface area contributed by atoms with E-state index in [9.17, 15) is 4.79 Å². The van der Waals surface area contributed by atoms with E-state index in [2.05, 4.69) is 22.4 Å². The first-order valence-electron chi connectivity index (χ1n) is 7.86. The maximum absolute atomic E-state index is 12.1. The number of thioether (sulfide) groups is 1. The number of methoxy groups -OCH3 is 1. The Hall–Kier alpha value is -2.73. The number of amides is 1. The van der Waals surface area contributed by atoms with Gasteiger partial charge in [-0.3, -0.25) is 4.79 Å². The topological polar surface area (TPSA) is 56.1 Å². The molecular formula is C19H19N3O2S. The monoisotopic (exact) mass is 353 g/mol. The Labute approximate surface area is 151 Å². The van der Waals surface area contributed by atoms with Gasteiger partial charge in [-0.1, -0.05) is 42.1 Å². The summed E-state index contributed by atoms with van der Waals surface area (Å²) >= 11 is 1.42. The molecule has 0 aliphatic carbocycles. The normalized spacial score (nSPS) is 10.4. The molecule has 5 nitrogen and oxygen atoms in total. The van der Waals surface area contributed by atoms with Crippen LogP contribution in [0.3, 0.4) is 0 Å². The SMILES string of the molecule is COc1ccc(NC(=O)CSc2nccn2Cc2ccccc2)cc1. The smallest absolute Gasteiger partial charge is 0.234 e. The first-order valence-corrected chi connectivity index (χ1v) is 8.85. The molecule has 0 bridgehead atoms. The molecule has 0 radical (unpaired) electrons. The minimum Gasteiger partial charge on any atom is -0.497 e. The van der Waals surface area contributed by atoms with E-state index in [1.54, 1.807) is 13.3 Å². The fourth-order valence-electron chi connectivity index (χ4n) is 2.34. The number of imidazole rings is 1. The molecule has 0 aliphatic heterocycles. The number of anilines is 1. The maximum atomic E-state index is 12.1. The van der Waals surface area contributed by atoms with Crippen molar-refractivity contribution in [1.82, 2.24) is 9.55 Å². The molecule has 0 spiro atoms. The largest absolute Gasteiger partial charge is 0.497 e. The molecule has 0 atom stereocenters. The van der Waals surface area contributed by atoms with E-state index in [0.717, 1.165) is 23.1 Å². The molecule has 25 heavy (non-hydrogen) atoms. The summed E-state index contributed by atoms with van der Waals surface area (Å²) in [5.41, 5.74) is 1.95. The molecule has 6 heteroatoms. The van der Waals surface area contributed by atoms with Crippen LogP contribution in [0.1, 0.15) is 5.56 Å². The quantitative estimate of drug-likeness (QED) is 0.659. The zero-order chi connectivity index (χ0) is 17.5. The second kappa shape index (κ2) is 8.39. The van der Waals surface area contributed by atoms with Crippen LogP contribution >= 0.6 is 11.8 Å². The molecule has 0 saturated carbocycles. The van der Waals surface area contributed by atoms with Gasteiger partial charge in [0.05, 0.1) is 12.9 Å². The predicted octanol–water partition coefficient (Wildman–Crippen LogP) is 3.67. The molecule has 3 rings (SSSR count). The number of carbonyl (C=O) groups is 1. The lowest BCUT2D eigenvalue weighted by atomic mass is 10.2. The molecule has 1 N–H and O–H groups in total. The second-order valence-electron chi connectivity index (χ2n) is 5.39. The van der Waals surface area contributed by atoms with Crippen LogP contribution in [0.2, 0.25) is 0 Å². The Bertz CT molecular complexity index is 816. The van der Waals surface area contributed by atoms with Crippen LogP contribution in [0.4, 0.5) is 5.69 Å². The summed E-state index contributed by atoms with van der Waals surface area (Å²) in [7, 11) is 1.61. The lowest BCUT2D eigenvalue weighted by molar-refractivity contribution is -0.113. The summed E-state index contributed by atoms with van der Waals surface area (Å²) in [6.07, 6.45) is 3.68. The summed E-state index contributed by atoms with van der Waals surface area (Å²) in [4.78, 5) is 16.5. The third-order valence-corrected chi connectivity index (χ3v) is 4.58. The molecule has 0 unspecified atom stereocenters. The third kappa shape index (κ3) is 4.87. The first kappa shape index (κ1) is 17.1. The predicted molar refractivity (Wildman–Crippen MR) is 100 cm³/mol. The fraction of sp³-hybridized carbons (Fsp3) is 0.158. The average molecular weight is 353 g/mol. The Morgan fingerprint density at radius 3 is 2.64 bits per heavy atom. The average Bonchev–Trinajstić information content (AvgIpc) is 3.08. The van der Waals surface area contributed by atoms with Crippen LogP contribution in [0, 0.1) is 0 Å². The minimum absolute atomic E-state index is 0.0653. The van der Waals surface area contributed by atoms with Crippen LogP contribution in [0.25, 0.3) is 0 Å². The lowest BCUT2D eigenvalue weighted by Crippen LogP contribution is -2.14. The van der Waals surface area contributed by atoms with Crippen molar-refractivity contribution in [2.75, 3.05) is 18.2 Å². The van der Waals surface area contributed by atoms with Gasteiger partial charge >= 0.3 is 0 Å². The highest BCUT2D eigenvalue weighted by molar-refractivity contribution is 7.99. The van der Waals surface area contributed by atoms with Crippen molar-refractivity contribution in [2.24, 2.45) is 0 Å². The minimum atomic E-state index is -0.0653. The fourth-order valence-corrected chi connectivity index (χ4v) is 3.10. The van der Waals surface area contributed by atoms with E-state index in [1.165, 1.54) is 17.3 Å². The van der Waals surface area contributed by atoms with Crippen molar-refractivity contribution < 1.29 is 9.53 Å². The van der Waals surface area contributed by atoms with E-state index < -0.39 is 0 Å². The van der Waals surface area contributed by atoms with E-state index in [-0.39, 0.29) is 5.91 Å². The van der Waals surface area contributed by atoms with Gasteiger partial charge in [-0.25, -0.2) is 4.98 Å². The number of ether oxygens (including phenoxy) is 1. The highest BCUT2D eigenvalue weighted by Gasteiger charge is 2.08. The van der Waals surface area contributed by atoms with Gasteiger partial charge in [-0.2, -0.15) is 0 Å². The van der Waals surface area contributed by atoms with Crippen molar-refractivity contribution in [2.45, 2.75) is 11.7 Å². The zero-order valence-electron chi connectivity index (χ0n) is 13.9. The van der Waals surface area contributed by atoms with Gasteiger partial charge in [0.2, 0.25) is 5.91 Å². The molecule has 2 aromatic carbocycles. The molecule has 3 aromatic rings. The Balaban J connectivity index is 1.54. The first-order chi connectivity index (χ1) is 12.2. The number of hydrogen-bond donors (Lipinski definition) is 1. The molecule has 128 valence electrons. The van der Waals surface area contributed by atoms with Gasteiger partial charge in [0.1, 0.15) is 5.75 Å². The van der Waals surface area contributed by atoms with Gasteiger partial charge in [-0.05, 0) is 29.8 Å². The van der Waals surface area contributed by atoms with Crippen LogP contribution in [-0.2, 0) is 11.3 Å². The number of carbonyl (C=O) groups excluding carboxylic acids is 1. The summed E-state index contributed by atoms with van der Waals surface area (Å²) in [5.74, 6) is 0.998. The second-order valence-corrected chi connectivity index (χ2v) is 6.33. The highest BCUT2D eigenvalue weighted by Crippen LogP contribution is 2.19. The van der Waals surface area contributed by atoms with Crippen LogP contribution < -0.4 is 10.1 Å². The number of hydrogen-bond acceptors (Lipinski definition) is 4. The molecule has 1 aromatic heterocycles. The Morgan fingerprint density at radius 2 is 1.92 bits per heavy atom. The van der Waals surface area contributed by atoms with Crippen LogP contribution in [-0.4, -0.2) is 28.3 Å². The van der Waals surface area contributed by atoms with Crippen molar-refractivity contribution in [3.05, 3.63) is 72.6 Å². The van der Waals surface area contributed by atoms with Gasteiger partial charge in [0, 0.05) is 24.6 Å². The van der Waals surface area contributed by atoms with E-state index in [0.29, 0.717) is 5.75 Å². The Kier molecular flexibility index (Phi) is 5.74. The number of nitrogens with one attached hydrogen (secondary N) is 1. The standard InChI is InChI=1S/C19H19N3O2S/c1-24-17-9-7-16(8-10-17)21-18(23)14-25-19-20-11-12-22(19)13-15-5-3-2-4-6-15/h2-12H,13-14H2,1H3,(H,21,23). The Morgan fingerprint density at radius 1 is 1.16 bits per heavy atom. The zero-order valence-corrected chi connectivity index (χ0v) is 14.7. The lowest BCUT2D eigenvalue weighted by Gasteiger charge is -2.08. The van der Waals surface area contributed by atoms with Gasteiger partial charge < -0.3 is 14.6 Å². The molecular weight excluding hydrogens is 334 g/mol. The van der Waals surface area contributed by atoms with Crippen molar-refractivity contribution in [3.8, 4) is 5.75 Å². The summed E-state index contributed by atoms with van der Waals surface area (Å²) in [5, 5.41) is 3.70. The summed E-state index contributed by atoms with van der Waals surface area (Å²) < 4.78 is 7.15. The third-order valence-electron chi connectivity index (χ3n) is 3.58. The maximum Gasteiger partial charge on any atom is 0.234 e. The number of rotatable bonds is 7. The summed E-state index contributed by atoms with van der Waals surface area (Å²) in [6.45, 7) is 0.739. The van der Waals surface area contributed by atoms with Crippen molar-refractivity contribution >= 4 is 23.4 Å². The van der Waals surface area contributed by atoms with E-state index in [1.807, 2.05) is 53.2 Å². The number of aromatic nitrogens is 2. The molecule has 1 heterocycles. The highest BCUT2D eigenvalue weighted by atomic mass is 32.2. The van der Waals surface area contributed by atoms with E-state index in [4.69, 9.17) is 4.74 Å². The van der Waals surface area contributed by atoms with Gasteiger partial charge in [0.15, 0.2) is 5.16 Å². The van der Waals surface area contributed by atoms with Crippen LogP contribution in [0.5, 0.6) is 5.75 Å². The number of nitrogens with zero attached hydrogens (tertiary/aromatic N) is 2. The molecule has 0 saturated heterocycles. The molecule has 0 fully saturated rings. The van der Waals surface area contributed by atoms with Gasteiger partial charge in [-0.15, -0.1) is 0 Å². The van der Waals surface area contributed by atoms with Crippen LogP contribution in [0.15, 0.2) is 72.1 Å². The molecule has 0 aliphatic rings.